The molecule has 0 bridgehead atoms. The second-order valence-electron chi connectivity index (χ2n) is 6.18. The molecule has 0 aliphatic heterocycles. The number of hydrogen-bond acceptors (Lipinski definition) is 6. The maximum absolute atomic E-state index is 13.0. The first-order valence-electron chi connectivity index (χ1n) is 8.68. The summed E-state index contributed by atoms with van der Waals surface area (Å²) in [6, 6.07) is 10.6. The fourth-order valence-electron chi connectivity index (χ4n) is 2.60. The molecule has 1 aromatic carbocycles. The Morgan fingerprint density at radius 1 is 1.26 bits per heavy atom. The summed E-state index contributed by atoms with van der Waals surface area (Å²) in [6.07, 6.45) is -1.86. The van der Waals surface area contributed by atoms with E-state index in [1.165, 1.54) is 25.4 Å². The Labute approximate surface area is 173 Å². The summed E-state index contributed by atoms with van der Waals surface area (Å²) in [5, 5.41) is 17.0. The lowest BCUT2D eigenvalue weighted by molar-refractivity contribution is -0.137. The van der Waals surface area contributed by atoms with Crippen LogP contribution in [-0.4, -0.2) is 26.9 Å². The highest BCUT2D eigenvalue weighted by atomic mass is 19.4. The van der Waals surface area contributed by atoms with Crippen LogP contribution in [-0.2, 0) is 6.18 Å². The maximum Gasteiger partial charge on any atom is 0.416 e. The van der Waals surface area contributed by atoms with Crippen LogP contribution in [0.3, 0.4) is 0 Å². The molecule has 3 aromatic rings. The number of alkyl halides is 3. The molecule has 0 saturated heterocycles. The van der Waals surface area contributed by atoms with Crippen LogP contribution in [0.1, 0.15) is 32.9 Å². The van der Waals surface area contributed by atoms with E-state index in [1.54, 1.807) is 24.3 Å². The fourth-order valence-corrected chi connectivity index (χ4v) is 2.60. The summed E-state index contributed by atoms with van der Waals surface area (Å²) < 4.78 is 39.7. The Hall–Kier alpha value is -4.33. The molecular weight excluding hydrogens is 413 g/mol. The minimum Gasteiger partial charge on any atom is -0.266 e. The predicted octanol–water partition coefficient (Wildman–Crippen LogP) is 2.59. The minimum absolute atomic E-state index is 0.0266. The Balaban J connectivity index is 2.03. The van der Waals surface area contributed by atoms with Gasteiger partial charge in [0.1, 0.15) is 11.6 Å². The van der Waals surface area contributed by atoms with Gasteiger partial charge in [-0.25, -0.2) is 5.43 Å². The average Bonchev–Trinajstić information content (AvgIpc) is 2.74. The highest BCUT2D eigenvalue weighted by molar-refractivity contribution is 5.94. The van der Waals surface area contributed by atoms with E-state index in [0.29, 0.717) is 16.4 Å². The molecule has 3 rings (SSSR count). The van der Waals surface area contributed by atoms with Crippen LogP contribution < -0.4 is 11.0 Å². The van der Waals surface area contributed by atoms with Crippen LogP contribution in [0, 0.1) is 18.3 Å². The number of hydrogen-bond donors (Lipinski definition) is 1. The summed E-state index contributed by atoms with van der Waals surface area (Å²) in [4.78, 5) is 29.1. The van der Waals surface area contributed by atoms with Crippen LogP contribution in [0.15, 0.2) is 58.6 Å². The second kappa shape index (κ2) is 8.58. The fraction of sp³-hybridized carbons (Fsp3) is 0.100. The number of pyridine rings is 1. The van der Waals surface area contributed by atoms with Crippen LogP contribution in [0.4, 0.5) is 13.2 Å². The van der Waals surface area contributed by atoms with Gasteiger partial charge in [-0.05, 0) is 37.3 Å². The first kappa shape index (κ1) is 21.4. The van der Waals surface area contributed by atoms with Crippen molar-refractivity contribution in [2.75, 3.05) is 0 Å². The van der Waals surface area contributed by atoms with Crippen molar-refractivity contribution in [2.24, 2.45) is 5.10 Å². The molecule has 0 unspecified atom stereocenters. The molecule has 0 fully saturated rings. The quantitative estimate of drug-likeness (QED) is 0.509. The SMILES string of the molecule is Cc1c(C(=O)N/N=C\c2ccccn2)nn(-c2cccc(C(F)(F)F)c2)c(=O)c1C#N. The number of benzene rings is 1. The van der Waals surface area contributed by atoms with Crippen molar-refractivity contribution in [3.63, 3.8) is 0 Å². The largest absolute Gasteiger partial charge is 0.416 e. The van der Waals surface area contributed by atoms with E-state index < -0.39 is 28.8 Å². The second-order valence-corrected chi connectivity index (χ2v) is 6.18. The maximum atomic E-state index is 13.0. The van der Waals surface area contributed by atoms with E-state index in [9.17, 15) is 28.0 Å². The topological polar surface area (TPSA) is 113 Å². The van der Waals surface area contributed by atoms with Gasteiger partial charge < -0.3 is 0 Å². The summed E-state index contributed by atoms with van der Waals surface area (Å²) in [7, 11) is 0. The number of nitriles is 1. The number of carbonyl (C=O) groups is 1. The lowest BCUT2D eigenvalue weighted by Crippen LogP contribution is -2.31. The molecule has 2 aromatic heterocycles. The van der Waals surface area contributed by atoms with E-state index in [-0.39, 0.29) is 16.9 Å². The molecule has 0 saturated carbocycles. The summed E-state index contributed by atoms with van der Waals surface area (Å²) in [6.45, 7) is 1.33. The van der Waals surface area contributed by atoms with Gasteiger partial charge in [-0.15, -0.1) is 0 Å². The summed E-state index contributed by atoms with van der Waals surface area (Å²) in [5.74, 6) is -0.859. The molecule has 0 radical (unpaired) electrons. The van der Waals surface area contributed by atoms with Gasteiger partial charge in [-0.2, -0.15) is 33.3 Å². The number of nitrogens with zero attached hydrogens (tertiary/aromatic N) is 5. The lowest BCUT2D eigenvalue weighted by atomic mass is 10.1. The van der Waals surface area contributed by atoms with E-state index in [1.807, 2.05) is 0 Å². The Bertz CT molecular complexity index is 1260. The third kappa shape index (κ3) is 4.64. The highest BCUT2D eigenvalue weighted by Crippen LogP contribution is 2.30. The Morgan fingerprint density at radius 2 is 2.03 bits per heavy atom. The van der Waals surface area contributed by atoms with Gasteiger partial charge in [0.15, 0.2) is 5.69 Å². The van der Waals surface area contributed by atoms with E-state index in [4.69, 9.17) is 0 Å². The molecule has 2 heterocycles. The first-order chi connectivity index (χ1) is 14.7. The molecule has 0 aliphatic rings. The van der Waals surface area contributed by atoms with Crippen LogP contribution >= 0.6 is 0 Å². The number of halogens is 3. The lowest BCUT2D eigenvalue weighted by Gasteiger charge is -2.12. The van der Waals surface area contributed by atoms with Gasteiger partial charge in [0.2, 0.25) is 0 Å². The van der Waals surface area contributed by atoms with Gasteiger partial charge in [0.05, 0.1) is 23.2 Å². The number of aromatic nitrogens is 3. The normalized spacial score (nSPS) is 11.3. The van der Waals surface area contributed by atoms with Crippen molar-refractivity contribution in [1.82, 2.24) is 20.2 Å². The zero-order valence-electron chi connectivity index (χ0n) is 15.9. The highest BCUT2D eigenvalue weighted by Gasteiger charge is 2.31. The Kier molecular flexibility index (Phi) is 5.92. The number of amides is 1. The molecule has 1 N–H and O–H groups in total. The van der Waals surface area contributed by atoms with Gasteiger partial charge >= 0.3 is 6.18 Å². The molecule has 31 heavy (non-hydrogen) atoms. The number of carbonyl (C=O) groups excluding carboxylic acids is 1. The van der Waals surface area contributed by atoms with Crippen molar-refractivity contribution >= 4 is 12.1 Å². The van der Waals surface area contributed by atoms with Crippen molar-refractivity contribution in [3.8, 4) is 11.8 Å². The van der Waals surface area contributed by atoms with Gasteiger partial charge in [-0.3, -0.25) is 14.6 Å². The van der Waals surface area contributed by atoms with Gasteiger partial charge in [0.25, 0.3) is 11.5 Å². The van der Waals surface area contributed by atoms with Gasteiger partial charge in [0, 0.05) is 11.8 Å². The molecule has 156 valence electrons. The molecule has 0 aliphatic carbocycles. The average molecular weight is 426 g/mol. The van der Waals surface area contributed by atoms with E-state index >= 15 is 0 Å². The Morgan fingerprint density at radius 3 is 2.68 bits per heavy atom. The molecule has 8 nitrogen and oxygen atoms in total. The monoisotopic (exact) mass is 426 g/mol. The zero-order chi connectivity index (χ0) is 22.6. The zero-order valence-corrected chi connectivity index (χ0v) is 15.9. The third-order valence-electron chi connectivity index (χ3n) is 4.13. The smallest absolute Gasteiger partial charge is 0.266 e. The predicted molar refractivity (Wildman–Crippen MR) is 104 cm³/mol. The van der Waals surface area contributed by atoms with Crippen molar-refractivity contribution < 1.29 is 18.0 Å². The summed E-state index contributed by atoms with van der Waals surface area (Å²) >= 11 is 0. The van der Waals surface area contributed by atoms with Gasteiger partial charge in [-0.1, -0.05) is 12.1 Å². The molecule has 0 atom stereocenters. The number of hydrazone groups is 1. The third-order valence-corrected chi connectivity index (χ3v) is 4.13. The molecule has 11 heteroatoms. The molecular formula is C20H13F3N6O2. The van der Waals surface area contributed by atoms with Crippen molar-refractivity contribution in [2.45, 2.75) is 13.1 Å². The van der Waals surface area contributed by atoms with E-state index in [0.717, 1.165) is 12.1 Å². The number of rotatable bonds is 4. The first-order valence-corrected chi connectivity index (χ1v) is 8.68. The molecule has 0 spiro atoms. The minimum atomic E-state index is -4.65. The standard InChI is InChI=1S/C20H13F3N6O2/c1-12-16(10-24)19(31)29(15-7-4-5-13(9-15)20(21,22)23)28-17(12)18(30)27-26-11-14-6-2-3-8-25-14/h2-9,11H,1H3,(H,27,30)/b26-11-. The van der Waals surface area contributed by atoms with Crippen molar-refractivity contribution in [3.05, 3.63) is 87.1 Å². The van der Waals surface area contributed by atoms with Crippen LogP contribution in [0.2, 0.25) is 0 Å². The van der Waals surface area contributed by atoms with Crippen LogP contribution in [0.25, 0.3) is 5.69 Å². The van der Waals surface area contributed by atoms with Crippen LogP contribution in [0.5, 0.6) is 0 Å². The molecule has 1 amide bonds. The van der Waals surface area contributed by atoms with Crippen molar-refractivity contribution in [1.29, 1.82) is 5.26 Å². The van der Waals surface area contributed by atoms with E-state index in [2.05, 4.69) is 20.6 Å². The number of nitrogens with one attached hydrogen (secondary N) is 1. The summed E-state index contributed by atoms with van der Waals surface area (Å²) in [5.41, 5.74) is -0.348.